The molecule has 6 heteroatoms. The van der Waals surface area contributed by atoms with Crippen molar-refractivity contribution in [3.05, 3.63) is 87.7 Å². The lowest BCUT2D eigenvalue weighted by atomic mass is 9.97. The normalized spacial score (nSPS) is 10.5. The highest BCUT2D eigenvalue weighted by Gasteiger charge is 2.17. The zero-order valence-electron chi connectivity index (χ0n) is 14.3. The van der Waals surface area contributed by atoms with Gasteiger partial charge in [-0.05, 0) is 28.9 Å². The van der Waals surface area contributed by atoms with Gasteiger partial charge < -0.3 is 5.32 Å². The van der Waals surface area contributed by atoms with E-state index in [2.05, 4.69) is 26.3 Å². The van der Waals surface area contributed by atoms with Crippen molar-refractivity contribution >= 4 is 27.6 Å². The fourth-order valence-electron chi connectivity index (χ4n) is 2.58. The first-order valence-corrected chi connectivity index (χ1v) is 9.00. The first-order valence-electron chi connectivity index (χ1n) is 8.21. The highest BCUT2D eigenvalue weighted by molar-refractivity contribution is 9.10. The van der Waals surface area contributed by atoms with Crippen molar-refractivity contribution in [3.8, 4) is 0 Å². The molecule has 0 radical (unpaired) electrons. The summed E-state index contributed by atoms with van der Waals surface area (Å²) in [6.07, 6.45) is 3.53. The van der Waals surface area contributed by atoms with E-state index in [1.165, 1.54) is 0 Å². The molecule has 1 N–H and O–H groups in total. The summed E-state index contributed by atoms with van der Waals surface area (Å²) in [6, 6.07) is 14.2. The molecule has 0 bridgehead atoms. The second kappa shape index (κ2) is 8.10. The minimum Gasteiger partial charge on any atom is -0.350 e. The van der Waals surface area contributed by atoms with Crippen molar-refractivity contribution in [2.75, 3.05) is 6.54 Å². The van der Waals surface area contributed by atoms with Gasteiger partial charge in [-0.15, -0.1) is 0 Å². The predicted octanol–water partition coefficient (Wildman–Crippen LogP) is 3.62. The number of halogens is 1. The third-order valence-corrected chi connectivity index (χ3v) is 4.37. The van der Waals surface area contributed by atoms with E-state index < -0.39 is 0 Å². The molecule has 1 aromatic heterocycles. The number of hydrogen-bond acceptors (Lipinski definition) is 3. The summed E-state index contributed by atoms with van der Waals surface area (Å²) < 4.78 is 2.62. The third kappa shape index (κ3) is 4.26. The van der Waals surface area contributed by atoms with Crippen molar-refractivity contribution in [1.82, 2.24) is 15.1 Å². The molecule has 1 amide bonds. The van der Waals surface area contributed by atoms with Crippen LogP contribution in [0.3, 0.4) is 0 Å². The number of carbonyl (C=O) groups excluding carboxylic acids is 2. The molecular formula is C20H18BrN3O2. The Morgan fingerprint density at radius 1 is 1.08 bits per heavy atom. The molecule has 3 aromatic rings. The van der Waals surface area contributed by atoms with Crippen LogP contribution in [0.5, 0.6) is 0 Å². The van der Waals surface area contributed by atoms with Gasteiger partial charge in [-0.3, -0.25) is 14.3 Å². The van der Waals surface area contributed by atoms with Gasteiger partial charge in [0, 0.05) is 23.9 Å². The molecule has 0 aliphatic heterocycles. The standard InChI is InChI=1S/C20H18BrN3O2/c1-14-6-8-15(9-7-14)19(25)17-4-2-3-5-18(17)20(26)22-10-11-24-13-16(21)12-23-24/h2-9,12-13H,10-11H2,1H3,(H,22,26). The van der Waals surface area contributed by atoms with Crippen LogP contribution in [-0.2, 0) is 6.54 Å². The third-order valence-electron chi connectivity index (χ3n) is 3.96. The molecule has 1 heterocycles. The van der Waals surface area contributed by atoms with E-state index in [0.29, 0.717) is 29.8 Å². The van der Waals surface area contributed by atoms with E-state index in [1.54, 1.807) is 47.3 Å². The first-order chi connectivity index (χ1) is 12.5. The van der Waals surface area contributed by atoms with Crippen LogP contribution in [-0.4, -0.2) is 28.0 Å². The van der Waals surface area contributed by atoms with Gasteiger partial charge in [-0.25, -0.2) is 0 Å². The smallest absolute Gasteiger partial charge is 0.252 e. The lowest BCUT2D eigenvalue weighted by Gasteiger charge is -2.10. The van der Waals surface area contributed by atoms with Crippen LogP contribution in [0.15, 0.2) is 65.4 Å². The van der Waals surface area contributed by atoms with Crippen molar-refractivity contribution in [2.45, 2.75) is 13.5 Å². The summed E-state index contributed by atoms with van der Waals surface area (Å²) in [6.45, 7) is 2.93. The van der Waals surface area contributed by atoms with Gasteiger partial charge in [0.15, 0.2) is 5.78 Å². The van der Waals surface area contributed by atoms with Crippen LogP contribution in [0, 0.1) is 6.92 Å². The molecule has 2 aromatic carbocycles. The Bertz CT molecular complexity index is 932. The number of amides is 1. The quantitative estimate of drug-likeness (QED) is 0.630. The molecule has 132 valence electrons. The number of nitrogens with one attached hydrogen (secondary N) is 1. The number of nitrogens with zero attached hydrogens (tertiary/aromatic N) is 2. The van der Waals surface area contributed by atoms with Crippen LogP contribution in [0.1, 0.15) is 31.8 Å². The summed E-state index contributed by atoms with van der Waals surface area (Å²) >= 11 is 3.33. The van der Waals surface area contributed by atoms with Crippen LogP contribution in [0.2, 0.25) is 0 Å². The Hall–Kier alpha value is -2.73. The minimum absolute atomic E-state index is 0.160. The summed E-state index contributed by atoms with van der Waals surface area (Å²) in [5.41, 5.74) is 2.42. The zero-order valence-corrected chi connectivity index (χ0v) is 15.9. The Labute approximate surface area is 160 Å². The molecule has 0 unspecified atom stereocenters. The van der Waals surface area contributed by atoms with Crippen LogP contribution >= 0.6 is 15.9 Å². The lowest BCUT2D eigenvalue weighted by molar-refractivity contribution is 0.0940. The van der Waals surface area contributed by atoms with Crippen molar-refractivity contribution in [3.63, 3.8) is 0 Å². The number of ketones is 1. The molecule has 5 nitrogen and oxygen atoms in total. The summed E-state index contributed by atoms with van der Waals surface area (Å²) in [4.78, 5) is 25.3. The Morgan fingerprint density at radius 3 is 2.42 bits per heavy atom. The number of rotatable bonds is 6. The average molecular weight is 412 g/mol. The fourth-order valence-corrected chi connectivity index (χ4v) is 2.91. The summed E-state index contributed by atoms with van der Waals surface area (Å²) in [7, 11) is 0. The van der Waals surface area contributed by atoms with Gasteiger partial charge >= 0.3 is 0 Å². The van der Waals surface area contributed by atoms with E-state index in [0.717, 1.165) is 10.0 Å². The second-order valence-corrected chi connectivity index (χ2v) is 6.83. The maximum atomic E-state index is 12.8. The summed E-state index contributed by atoms with van der Waals surface area (Å²) in [5.74, 6) is -0.431. The average Bonchev–Trinajstić information content (AvgIpc) is 3.07. The highest BCUT2D eigenvalue weighted by Crippen LogP contribution is 2.15. The molecule has 0 aliphatic rings. The van der Waals surface area contributed by atoms with E-state index in [-0.39, 0.29) is 11.7 Å². The molecule has 0 spiro atoms. The number of benzene rings is 2. The first kappa shape index (κ1) is 18.1. The molecule has 26 heavy (non-hydrogen) atoms. The van der Waals surface area contributed by atoms with Gasteiger partial charge in [0.1, 0.15) is 0 Å². The van der Waals surface area contributed by atoms with Gasteiger partial charge in [-0.1, -0.05) is 48.0 Å². The molecule has 0 saturated carbocycles. The zero-order chi connectivity index (χ0) is 18.5. The molecule has 0 aliphatic carbocycles. The van der Waals surface area contributed by atoms with Gasteiger partial charge in [0.25, 0.3) is 5.91 Å². The van der Waals surface area contributed by atoms with Crippen molar-refractivity contribution in [1.29, 1.82) is 0 Å². The van der Waals surface area contributed by atoms with Crippen LogP contribution < -0.4 is 5.32 Å². The fraction of sp³-hybridized carbons (Fsp3) is 0.150. The second-order valence-electron chi connectivity index (χ2n) is 5.92. The van der Waals surface area contributed by atoms with Crippen LogP contribution in [0.4, 0.5) is 0 Å². The number of carbonyl (C=O) groups is 2. The Morgan fingerprint density at radius 2 is 1.77 bits per heavy atom. The van der Waals surface area contributed by atoms with Crippen LogP contribution in [0.25, 0.3) is 0 Å². The maximum Gasteiger partial charge on any atom is 0.252 e. The number of aryl methyl sites for hydroxylation is 1. The lowest BCUT2D eigenvalue weighted by Crippen LogP contribution is -2.28. The maximum absolute atomic E-state index is 12.8. The van der Waals surface area contributed by atoms with Gasteiger partial charge in [0.05, 0.1) is 22.8 Å². The number of aromatic nitrogens is 2. The predicted molar refractivity (Wildman–Crippen MR) is 103 cm³/mol. The Kier molecular flexibility index (Phi) is 5.63. The molecule has 0 atom stereocenters. The van der Waals surface area contributed by atoms with E-state index in [4.69, 9.17) is 0 Å². The monoisotopic (exact) mass is 411 g/mol. The summed E-state index contributed by atoms with van der Waals surface area (Å²) in [5, 5.41) is 6.99. The SMILES string of the molecule is Cc1ccc(C(=O)c2ccccc2C(=O)NCCn2cc(Br)cn2)cc1. The molecular weight excluding hydrogens is 394 g/mol. The van der Waals surface area contributed by atoms with Crippen molar-refractivity contribution in [2.24, 2.45) is 0 Å². The topological polar surface area (TPSA) is 64.0 Å². The van der Waals surface area contributed by atoms with E-state index >= 15 is 0 Å². The largest absolute Gasteiger partial charge is 0.350 e. The molecule has 3 rings (SSSR count). The highest BCUT2D eigenvalue weighted by atomic mass is 79.9. The van der Waals surface area contributed by atoms with E-state index in [1.807, 2.05) is 25.3 Å². The van der Waals surface area contributed by atoms with E-state index in [9.17, 15) is 9.59 Å². The van der Waals surface area contributed by atoms with Gasteiger partial charge in [0.2, 0.25) is 0 Å². The molecule has 0 fully saturated rings. The van der Waals surface area contributed by atoms with Crippen molar-refractivity contribution < 1.29 is 9.59 Å². The van der Waals surface area contributed by atoms with Gasteiger partial charge in [-0.2, -0.15) is 5.10 Å². The molecule has 0 saturated heterocycles. The number of hydrogen-bond donors (Lipinski definition) is 1. The Balaban J connectivity index is 1.72. The minimum atomic E-state index is -0.271.